The zero-order valence-electron chi connectivity index (χ0n) is 24.5. The minimum Gasteiger partial charge on any atom is 0 e. The molecule has 1 fully saturated rings. The Morgan fingerprint density at radius 1 is 0.974 bits per heavy atom. The van der Waals surface area contributed by atoms with E-state index in [-0.39, 0.29) is 43.5 Å². The van der Waals surface area contributed by atoms with Gasteiger partial charge in [-0.3, -0.25) is 4.79 Å². The average Bonchev–Trinajstić information content (AvgIpc) is 3.44. The summed E-state index contributed by atoms with van der Waals surface area (Å²) < 4.78 is 4.79. The molecule has 1 radical (unpaired) electrons. The number of aliphatic hydroxyl groups is 1. The van der Waals surface area contributed by atoms with Crippen LogP contribution in [0.1, 0.15) is 77.3 Å². The Morgan fingerprint density at radius 3 is 2.21 bits per heavy atom. The number of carbonyl (C=O) groups excluding carboxylic acids is 1. The fourth-order valence-electron chi connectivity index (χ4n) is 5.35. The topological polar surface area (TPSA) is 50.2 Å². The Labute approximate surface area is 257 Å². The van der Waals surface area contributed by atoms with Crippen LogP contribution in [0, 0.1) is 31.7 Å². The third-order valence-electron chi connectivity index (χ3n) is 7.70. The number of aryl methyl sites for hydroxylation is 2. The number of pyridine rings is 1. The fourth-order valence-corrected chi connectivity index (χ4v) is 15.3. The van der Waals surface area contributed by atoms with Crippen LogP contribution in [0.15, 0.2) is 54.4 Å². The molecule has 0 aliphatic carbocycles. The molecule has 0 saturated carbocycles. The van der Waals surface area contributed by atoms with Gasteiger partial charge in [0.15, 0.2) is 5.78 Å². The maximum absolute atomic E-state index is 11.7. The van der Waals surface area contributed by atoms with Crippen LogP contribution in [0.4, 0.5) is 0 Å². The van der Waals surface area contributed by atoms with Crippen molar-refractivity contribution >= 4 is 41.6 Å². The van der Waals surface area contributed by atoms with Crippen molar-refractivity contribution in [2.45, 2.75) is 88.3 Å². The van der Waals surface area contributed by atoms with Crippen LogP contribution in [0.5, 0.6) is 0 Å². The Kier molecular flexibility index (Phi) is 14.5. The van der Waals surface area contributed by atoms with Crippen LogP contribution in [0.3, 0.4) is 0 Å². The van der Waals surface area contributed by atoms with Gasteiger partial charge in [0.25, 0.3) is 0 Å². The van der Waals surface area contributed by atoms with E-state index in [0.29, 0.717) is 0 Å². The molecule has 3 aromatic rings. The number of carbonyl (C=O) groups is 1. The summed E-state index contributed by atoms with van der Waals surface area (Å²) in [6, 6.07) is 17.2. The van der Waals surface area contributed by atoms with Crippen LogP contribution in [0.25, 0.3) is 22.0 Å². The number of allylic oxidation sites excluding steroid dienone is 2. The number of benzene rings is 2. The van der Waals surface area contributed by atoms with Crippen LogP contribution in [-0.2, 0) is 24.9 Å². The number of aliphatic hydroxyl groups excluding tert-OH is 1. The van der Waals surface area contributed by atoms with Crippen LogP contribution in [0.2, 0.25) is 8.26 Å². The van der Waals surface area contributed by atoms with Gasteiger partial charge in [-0.05, 0) is 25.7 Å². The smallest absolute Gasteiger partial charge is 0 e. The number of hydrogen-bond donors (Lipinski definition) is 1. The summed E-state index contributed by atoms with van der Waals surface area (Å²) in [6.07, 6.45) is 9.80. The van der Waals surface area contributed by atoms with Crippen molar-refractivity contribution in [3.8, 4) is 11.3 Å². The van der Waals surface area contributed by atoms with Crippen molar-refractivity contribution in [2.75, 3.05) is 0 Å². The summed E-state index contributed by atoms with van der Waals surface area (Å²) in [5.74, 6) is 0.547. The normalized spacial score (nSPS) is 13.9. The van der Waals surface area contributed by atoms with Crippen molar-refractivity contribution in [1.82, 2.24) is 4.98 Å². The monoisotopic (exact) mass is 901 g/mol. The molecule has 0 unspecified atom stereocenters. The van der Waals surface area contributed by atoms with E-state index in [1.54, 1.807) is 11.5 Å². The van der Waals surface area contributed by atoms with Crippen LogP contribution < -0.4 is 3.27 Å². The van der Waals surface area contributed by atoms with E-state index >= 15 is 0 Å². The average molecular weight is 901 g/mol. The molecule has 39 heavy (non-hydrogen) atoms. The largest absolute Gasteiger partial charge is 0 e. The molecule has 1 saturated heterocycles. The van der Waals surface area contributed by atoms with E-state index in [9.17, 15) is 9.90 Å². The molecule has 2 heterocycles. The zero-order chi connectivity index (χ0) is 27.7. The second-order valence-electron chi connectivity index (χ2n) is 10.5. The Morgan fingerprint density at radius 2 is 1.62 bits per heavy atom. The van der Waals surface area contributed by atoms with E-state index in [1.807, 2.05) is 33.9 Å². The maximum Gasteiger partial charge on any atom is 0 e. The van der Waals surface area contributed by atoms with Gasteiger partial charge >= 0.3 is 147 Å². The SMILES string of the molecule is CCC(CC)C(=O)/C=C(\O)C(CC)CC.Cc1[c-]c(-c2nccc3c[c]([Bi]4[CH2]CC[CH2]4)ccc23)cc(C)c1.[Ir]. The first-order valence-corrected chi connectivity index (χ1v) is 21.1. The third kappa shape index (κ3) is 9.31. The van der Waals surface area contributed by atoms with Crippen molar-refractivity contribution in [3.05, 3.63) is 71.6 Å². The summed E-state index contributed by atoms with van der Waals surface area (Å²) in [6.45, 7) is 12.3. The van der Waals surface area contributed by atoms with Crippen molar-refractivity contribution in [2.24, 2.45) is 11.8 Å². The van der Waals surface area contributed by atoms with Crippen LogP contribution >= 0.6 is 0 Å². The summed E-state index contributed by atoms with van der Waals surface area (Å²) >= 11 is -1.35. The number of hydrogen-bond acceptors (Lipinski definition) is 3. The molecule has 2 aromatic carbocycles. The van der Waals surface area contributed by atoms with Gasteiger partial charge in [0.2, 0.25) is 0 Å². The number of aromatic nitrogens is 1. The molecule has 1 aliphatic rings. The van der Waals surface area contributed by atoms with Gasteiger partial charge in [0.1, 0.15) is 0 Å². The number of ketones is 1. The van der Waals surface area contributed by atoms with E-state index in [0.717, 1.165) is 36.9 Å². The molecular weight excluding hydrogens is 856 g/mol. The summed E-state index contributed by atoms with van der Waals surface area (Å²) in [5, 5.41) is 12.4. The first-order valence-electron chi connectivity index (χ1n) is 14.4. The molecule has 0 atom stereocenters. The minimum atomic E-state index is -1.35. The standard InChI is InChI=1S/C17H13N.C13H24O2.C4H8.Bi.Ir/c1-12-9-13(2)11-15(10-12)17-16-6-4-3-5-14(16)7-8-18-17;1-5-10(6-2)12(14)9-13(15)11(7-3)8-4;1-3-4-2;;/h4-10H,1-2H3;9-11,14H,5-8H2,1-4H3;1-4H2;;/q-1;;;;/b;12-9-;;;. The molecule has 3 nitrogen and oxygen atoms in total. The van der Waals surface area contributed by atoms with Crippen molar-refractivity contribution < 1.29 is 30.0 Å². The number of rotatable bonds is 9. The second-order valence-corrected chi connectivity index (χ2v) is 20.2. The summed E-state index contributed by atoms with van der Waals surface area (Å²) in [4.78, 5) is 16.4. The third-order valence-corrected chi connectivity index (χ3v) is 18.3. The molecule has 1 aliphatic heterocycles. The Balaban J connectivity index is 0.000000294. The van der Waals surface area contributed by atoms with Gasteiger partial charge in [-0.25, -0.2) is 0 Å². The Bertz CT molecular complexity index is 1220. The zero-order valence-corrected chi connectivity index (χ0v) is 30.4. The van der Waals surface area contributed by atoms with Gasteiger partial charge in [-0.2, -0.15) is 0 Å². The van der Waals surface area contributed by atoms with Gasteiger partial charge in [-0.1, -0.05) is 27.7 Å². The molecule has 1 N–H and O–H groups in total. The van der Waals surface area contributed by atoms with Crippen molar-refractivity contribution in [3.63, 3.8) is 0 Å². The summed E-state index contributed by atoms with van der Waals surface area (Å²) in [5.41, 5.74) is 4.64. The number of nitrogens with zero attached hydrogens (tertiary/aromatic N) is 1. The number of fused-ring (bicyclic) bond motifs is 1. The van der Waals surface area contributed by atoms with Gasteiger partial charge in [0, 0.05) is 38.0 Å². The van der Waals surface area contributed by atoms with Crippen molar-refractivity contribution in [1.29, 1.82) is 0 Å². The summed E-state index contributed by atoms with van der Waals surface area (Å²) in [7, 11) is 0. The first-order chi connectivity index (χ1) is 18.3. The quantitative estimate of drug-likeness (QED) is 0.101. The van der Waals surface area contributed by atoms with Gasteiger partial charge in [-0.15, -0.1) is 0 Å². The molecule has 0 spiro atoms. The van der Waals surface area contributed by atoms with Crippen LogP contribution in [-0.4, -0.2) is 37.6 Å². The predicted octanol–water partition coefficient (Wildman–Crippen LogP) is 8.68. The minimum absolute atomic E-state index is 0. The molecule has 0 bridgehead atoms. The molecule has 1 aromatic heterocycles. The van der Waals surface area contributed by atoms with E-state index in [2.05, 4.69) is 61.3 Å². The van der Waals surface area contributed by atoms with E-state index in [4.69, 9.17) is 0 Å². The second kappa shape index (κ2) is 16.8. The molecule has 0 amide bonds. The first kappa shape index (κ1) is 33.8. The maximum atomic E-state index is 11.7. The Hall–Kier alpha value is -1.41. The molecule has 213 valence electrons. The van der Waals surface area contributed by atoms with E-state index < -0.39 is 21.8 Å². The van der Waals surface area contributed by atoms with E-state index in [1.165, 1.54) is 40.8 Å². The van der Waals surface area contributed by atoms with Gasteiger partial charge < -0.3 is 5.11 Å². The molecule has 5 heteroatoms. The molecule has 4 rings (SSSR count). The van der Waals surface area contributed by atoms with Gasteiger partial charge in [0.05, 0.1) is 5.76 Å². The fraction of sp³-hybridized carbons (Fsp3) is 0.471. The molecular formula is C34H45BiIrNO2-. The predicted molar refractivity (Wildman–Crippen MR) is 164 cm³/mol.